The first-order chi connectivity index (χ1) is 10.7. The van der Waals surface area contributed by atoms with Crippen LogP contribution in [0.5, 0.6) is 0 Å². The van der Waals surface area contributed by atoms with E-state index >= 15 is 0 Å². The summed E-state index contributed by atoms with van der Waals surface area (Å²) in [5.41, 5.74) is 1.60. The molecule has 0 radical (unpaired) electrons. The second-order valence-corrected chi connectivity index (χ2v) is 6.89. The average molecular weight is 333 g/mol. The Morgan fingerprint density at radius 2 is 2.00 bits per heavy atom. The summed E-state index contributed by atoms with van der Waals surface area (Å²) < 4.78 is 0. The number of anilines is 2. The van der Waals surface area contributed by atoms with Crippen LogP contribution in [0.15, 0.2) is 53.4 Å². The highest BCUT2D eigenvalue weighted by atomic mass is 35.5. The fourth-order valence-electron chi connectivity index (χ4n) is 2.45. The van der Waals surface area contributed by atoms with Crippen LogP contribution < -0.4 is 10.2 Å². The summed E-state index contributed by atoms with van der Waals surface area (Å²) >= 11 is 7.97. The standard InChI is InChI=1S/C17H17ClN2OS/c1-2-12-11-20(15-9-5-6-10-16(15)22-12)17(21)19-14-8-4-3-7-13(14)18/h3-10,12H,2,11H2,1H3,(H,19,21)/t12-/m0/s1. The van der Waals surface area contributed by atoms with Gasteiger partial charge < -0.3 is 5.32 Å². The van der Waals surface area contributed by atoms with Crippen LogP contribution in [0.4, 0.5) is 16.2 Å². The van der Waals surface area contributed by atoms with Gasteiger partial charge in [0.05, 0.1) is 16.4 Å². The molecule has 0 aliphatic carbocycles. The van der Waals surface area contributed by atoms with Gasteiger partial charge in [-0.15, -0.1) is 11.8 Å². The lowest BCUT2D eigenvalue weighted by Gasteiger charge is -2.33. The molecule has 1 aliphatic heterocycles. The molecule has 2 amide bonds. The molecule has 2 aromatic carbocycles. The van der Waals surface area contributed by atoms with Crippen LogP contribution >= 0.6 is 23.4 Å². The predicted octanol–water partition coefficient (Wildman–Crippen LogP) is 5.26. The highest BCUT2D eigenvalue weighted by Gasteiger charge is 2.28. The zero-order valence-corrected chi connectivity index (χ0v) is 13.8. The minimum absolute atomic E-state index is 0.140. The van der Waals surface area contributed by atoms with Gasteiger partial charge in [0.1, 0.15) is 0 Å². The molecule has 5 heteroatoms. The van der Waals surface area contributed by atoms with Crippen molar-refractivity contribution in [1.29, 1.82) is 0 Å². The number of nitrogens with zero attached hydrogens (tertiary/aromatic N) is 1. The van der Waals surface area contributed by atoms with E-state index in [2.05, 4.69) is 18.3 Å². The molecule has 1 heterocycles. The Morgan fingerprint density at radius 1 is 1.27 bits per heavy atom. The van der Waals surface area contributed by atoms with E-state index in [1.165, 1.54) is 0 Å². The van der Waals surface area contributed by atoms with Crippen LogP contribution in [0.3, 0.4) is 0 Å². The maximum absolute atomic E-state index is 12.7. The number of rotatable bonds is 2. The molecular formula is C17H17ClN2OS. The quantitative estimate of drug-likeness (QED) is 0.813. The van der Waals surface area contributed by atoms with Gasteiger partial charge in [0, 0.05) is 16.7 Å². The van der Waals surface area contributed by atoms with Gasteiger partial charge in [0.15, 0.2) is 0 Å². The predicted molar refractivity (Wildman–Crippen MR) is 94.2 cm³/mol. The number of halogens is 1. The van der Waals surface area contributed by atoms with Gasteiger partial charge in [-0.2, -0.15) is 0 Å². The summed E-state index contributed by atoms with van der Waals surface area (Å²) in [6, 6.07) is 15.2. The SMILES string of the molecule is CC[C@H]1CN(C(=O)Nc2ccccc2Cl)c2ccccc2S1. The van der Waals surface area contributed by atoms with Crippen molar-refractivity contribution >= 4 is 40.8 Å². The number of hydrogen-bond donors (Lipinski definition) is 1. The van der Waals surface area contributed by atoms with E-state index in [0.717, 1.165) is 17.0 Å². The maximum atomic E-state index is 12.7. The fraction of sp³-hybridized carbons (Fsp3) is 0.235. The molecule has 22 heavy (non-hydrogen) atoms. The first kappa shape index (κ1) is 15.3. The summed E-state index contributed by atoms with van der Waals surface area (Å²) in [6.45, 7) is 2.85. The van der Waals surface area contributed by atoms with Crippen molar-refractivity contribution in [2.24, 2.45) is 0 Å². The smallest absolute Gasteiger partial charge is 0.306 e. The molecule has 0 bridgehead atoms. The van der Waals surface area contributed by atoms with Crippen LogP contribution in [-0.4, -0.2) is 17.8 Å². The van der Waals surface area contributed by atoms with E-state index in [4.69, 9.17) is 11.6 Å². The van der Waals surface area contributed by atoms with Gasteiger partial charge in [0.25, 0.3) is 0 Å². The third-order valence-corrected chi connectivity index (χ3v) is 5.40. The zero-order valence-electron chi connectivity index (χ0n) is 12.3. The minimum Gasteiger partial charge on any atom is -0.306 e. The minimum atomic E-state index is -0.140. The molecule has 0 unspecified atom stereocenters. The monoisotopic (exact) mass is 332 g/mol. The maximum Gasteiger partial charge on any atom is 0.326 e. The highest BCUT2D eigenvalue weighted by molar-refractivity contribution is 8.00. The molecule has 114 valence electrons. The van der Waals surface area contributed by atoms with E-state index in [-0.39, 0.29) is 6.03 Å². The van der Waals surface area contributed by atoms with Crippen LogP contribution in [0.1, 0.15) is 13.3 Å². The van der Waals surface area contributed by atoms with Crippen molar-refractivity contribution in [2.75, 3.05) is 16.8 Å². The normalized spacial score (nSPS) is 17.0. The molecule has 0 saturated carbocycles. The molecule has 3 rings (SSSR count). The van der Waals surface area contributed by atoms with E-state index in [0.29, 0.717) is 22.5 Å². The van der Waals surface area contributed by atoms with Crippen molar-refractivity contribution in [3.05, 3.63) is 53.6 Å². The van der Waals surface area contributed by atoms with Crippen molar-refractivity contribution in [3.63, 3.8) is 0 Å². The zero-order chi connectivity index (χ0) is 15.5. The fourth-order valence-corrected chi connectivity index (χ4v) is 3.84. The van der Waals surface area contributed by atoms with Crippen LogP contribution in [0.25, 0.3) is 0 Å². The van der Waals surface area contributed by atoms with E-state index in [1.807, 2.05) is 53.1 Å². The molecule has 2 aromatic rings. The molecule has 0 spiro atoms. The van der Waals surface area contributed by atoms with Crippen LogP contribution in [0.2, 0.25) is 5.02 Å². The molecule has 0 fully saturated rings. The van der Waals surface area contributed by atoms with E-state index in [1.54, 1.807) is 6.07 Å². The van der Waals surface area contributed by atoms with Gasteiger partial charge >= 0.3 is 6.03 Å². The number of hydrogen-bond acceptors (Lipinski definition) is 2. The third kappa shape index (κ3) is 3.08. The third-order valence-electron chi connectivity index (χ3n) is 3.65. The average Bonchev–Trinajstić information content (AvgIpc) is 2.55. The number of amides is 2. The largest absolute Gasteiger partial charge is 0.326 e. The van der Waals surface area contributed by atoms with Gasteiger partial charge in [-0.05, 0) is 30.7 Å². The molecule has 0 saturated heterocycles. The lowest BCUT2D eigenvalue weighted by Crippen LogP contribution is -2.41. The van der Waals surface area contributed by atoms with Crippen LogP contribution in [-0.2, 0) is 0 Å². The van der Waals surface area contributed by atoms with Crippen LogP contribution in [0, 0.1) is 0 Å². The van der Waals surface area contributed by atoms with Gasteiger partial charge in [-0.1, -0.05) is 42.8 Å². The lowest BCUT2D eigenvalue weighted by atomic mass is 10.2. The van der Waals surface area contributed by atoms with Crippen molar-refractivity contribution in [2.45, 2.75) is 23.5 Å². The number of carbonyl (C=O) groups excluding carboxylic acids is 1. The molecule has 1 N–H and O–H groups in total. The molecule has 1 aliphatic rings. The Hall–Kier alpha value is -1.65. The number of benzene rings is 2. The Morgan fingerprint density at radius 3 is 2.77 bits per heavy atom. The number of thioether (sulfide) groups is 1. The molecule has 3 nitrogen and oxygen atoms in total. The second kappa shape index (κ2) is 6.63. The lowest BCUT2D eigenvalue weighted by molar-refractivity contribution is 0.256. The molecule has 0 aromatic heterocycles. The van der Waals surface area contributed by atoms with Crippen molar-refractivity contribution in [3.8, 4) is 0 Å². The number of urea groups is 1. The van der Waals surface area contributed by atoms with E-state index < -0.39 is 0 Å². The molecular weight excluding hydrogens is 316 g/mol. The number of carbonyl (C=O) groups is 1. The van der Waals surface area contributed by atoms with Crippen molar-refractivity contribution in [1.82, 2.24) is 0 Å². The molecule has 1 atom stereocenters. The van der Waals surface area contributed by atoms with Gasteiger partial charge in [-0.25, -0.2) is 4.79 Å². The van der Waals surface area contributed by atoms with E-state index in [9.17, 15) is 4.79 Å². The summed E-state index contributed by atoms with van der Waals surface area (Å²) in [5, 5.41) is 3.86. The summed E-state index contributed by atoms with van der Waals surface area (Å²) in [4.78, 5) is 15.6. The topological polar surface area (TPSA) is 32.3 Å². The summed E-state index contributed by atoms with van der Waals surface area (Å²) in [7, 11) is 0. The summed E-state index contributed by atoms with van der Waals surface area (Å²) in [5.74, 6) is 0. The first-order valence-corrected chi connectivity index (χ1v) is 8.53. The Kier molecular flexibility index (Phi) is 4.60. The Balaban J connectivity index is 1.87. The number of para-hydroxylation sites is 2. The Labute approximate surface area is 139 Å². The van der Waals surface area contributed by atoms with Gasteiger partial charge in [-0.3, -0.25) is 4.90 Å². The Bertz CT molecular complexity index is 692. The number of fused-ring (bicyclic) bond motifs is 1. The highest BCUT2D eigenvalue weighted by Crippen LogP contribution is 2.39. The second-order valence-electron chi connectivity index (χ2n) is 5.14. The first-order valence-electron chi connectivity index (χ1n) is 7.27. The number of nitrogens with one attached hydrogen (secondary N) is 1. The van der Waals surface area contributed by atoms with Crippen molar-refractivity contribution < 1.29 is 4.79 Å². The summed E-state index contributed by atoms with van der Waals surface area (Å²) in [6.07, 6.45) is 1.02. The van der Waals surface area contributed by atoms with Gasteiger partial charge in [0.2, 0.25) is 0 Å².